The van der Waals surface area contributed by atoms with Crippen LogP contribution in [0.5, 0.6) is 0 Å². The molecule has 1 heterocycles. The number of rotatable bonds is 3. The molecule has 0 spiro atoms. The third-order valence-electron chi connectivity index (χ3n) is 2.30. The van der Waals surface area contributed by atoms with E-state index in [2.05, 4.69) is 16.6 Å². The quantitative estimate of drug-likeness (QED) is 0.563. The Bertz CT molecular complexity index is 145. The lowest BCUT2D eigenvalue weighted by Crippen LogP contribution is -2.48. The number of likely N-dealkylation sites (tertiary alicyclic amines) is 1. The SMILES string of the molecule is CCN1CCC1CC(=O)OC. The van der Waals surface area contributed by atoms with Crippen molar-refractivity contribution in [3.05, 3.63) is 0 Å². The van der Waals surface area contributed by atoms with E-state index in [1.165, 1.54) is 7.11 Å². The van der Waals surface area contributed by atoms with Crippen LogP contribution in [-0.4, -0.2) is 37.1 Å². The summed E-state index contributed by atoms with van der Waals surface area (Å²) >= 11 is 0. The van der Waals surface area contributed by atoms with Gasteiger partial charge in [-0.25, -0.2) is 0 Å². The van der Waals surface area contributed by atoms with Crippen LogP contribution in [-0.2, 0) is 9.53 Å². The fourth-order valence-corrected chi connectivity index (χ4v) is 1.42. The Kier molecular flexibility index (Phi) is 2.88. The van der Waals surface area contributed by atoms with Crippen molar-refractivity contribution in [2.75, 3.05) is 20.2 Å². The average Bonchev–Trinajstić information content (AvgIpc) is 1.98. The highest BCUT2D eigenvalue weighted by molar-refractivity contribution is 5.70. The molecule has 0 aromatic heterocycles. The van der Waals surface area contributed by atoms with E-state index >= 15 is 0 Å². The first kappa shape index (κ1) is 8.53. The van der Waals surface area contributed by atoms with E-state index in [0.29, 0.717) is 12.5 Å². The Hall–Kier alpha value is -0.570. The van der Waals surface area contributed by atoms with Crippen molar-refractivity contribution in [1.29, 1.82) is 0 Å². The molecule has 3 nitrogen and oxygen atoms in total. The Morgan fingerprint density at radius 1 is 1.73 bits per heavy atom. The maximum atomic E-state index is 10.8. The summed E-state index contributed by atoms with van der Waals surface area (Å²) in [6, 6.07) is 0.451. The summed E-state index contributed by atoms with van der Waals surface area (Å²) in [4.78, 5) is 13.1. The second-order valence-electron chi connectivity index (χ2n) is 2.85. The van der Waals surface area contributed by atoms with Crippen LogP contribution in [0.15, 0.2) is 0 Å². The van der Waals surface area contributed by atoms with Crippen LogP contribution in [0, 0.1) is 0 Å². The number of ether oxygens (including phenoxy) is 1. The van der Waals surface area contributed by atoms with Gasteiger partial charge in [-0.1, -0.05) is 6.92 Å². The number of esters is 1. The minimum Gasteiger partial charge on any atom is -0.469 e. The number of carbonyl (C=O) groups is 1. The van der Waals surface area contributed by atoms with Gasteiger partial charge in [-0.05, 0) is 19.5 Å². The van der Waals surface area contributed by atoms with Crippen molar-refractivity contribution in [3.8, 4) is 0 Å². The minimum atomic E-state index is -0.0897. The summed E-state index contributed by atoms with van der Waals surface area (Å²) in [5.74, 6) is -0.0897. The molecule has 0 saturated carbocycles. The van der Waals surface area contributed by atoms with Crippen molar-refractivity contribution in [2.24, 2.45) is 0 Å². The standard InChI is InChI=1S/C8H15NO2/c1-3-9-5-4-7(9)6-8(10)11-2/h7H,3-6H2,1-2H3. The third-order valence-corrected chi connectivity index (χ3v) is 2.30. The molecule has 1 aliphatic rings. The lowest BCUT2D eigenvalue weighted by molar-refractivity contribution is -0.143. The van der Waals surface area contributed by atoms with E-state index < -0.39 is 0 Å². The zero-order chi connectivity index (χ0) is 8.27. The molecule has 3 heteroatoms. The molecule has 0 N–H and O–H groups in total. The minimum absolute atomic E-state index is 0.0897. The number of nitrogens with zero attached hydrogens (tertiary/aromatic N) is 1. The number of hydrogen-bond donors (Lipinski definition) is 0. The van der Waals surface area contributed by atoms with Crippen molar-refractivity contribution in [2.45, 2.75) is 25.8 Å². The van der Waals surface area contributed by atoms with E-state index in [0.717, 1.165) is 19.5 Å². The van der Waals surface area contributed by atoms with Gasteiger partial charge in [0.15, 0.2) is 0 Å². The zero-order valence-electron chi connectivity index (χ0n) is 7.17. The predicted molar refractivity (Wildman–Crippen MR) is 42.3 cm³/mol. The first-order valence-corrected chi connectivity index (χ1v) is 4.08. The Labute approximate surface area is 67.3 Å². The van der Waals surface area contributed by atoms with E-state index in [1.807, 2.05) is 0 Å². The van der Waals surface area contributed by atoms with E-state index in [1.54, 1.807) is 0 Å². The molecule has 0 bridgehead atoms. The monoisotopic (exact) mass is 157 g/mol. The third kappa shape index (κ3) is 1.93. The van der Waals surface area contributed by atoms with Gasteiger partial charge < -0.3 is 4.74 Å². The van der Waals surface area contributed by atoms with E-state index in [4.69, 9.17) is 0 Å². The van der Waals surface area contributed by atoms with Crippen molar-refractivity contribution >= 4 is 5.97 Å². The highest BCUT2D eigenvalue weighted by Crippen LogP contribution is 2.19. The second kappa shape index (κ2) is 3.72. The van der Waals surface area contributed by atoms with Gasteiger partial charge in [0.25, 0.3) is 0 Å². The Morgan fingerprint density at radius 3 is 2.82 bits per heavy atom. The maximum absolute atomic E-state index is 10.8. The molecule has 0 aliphatic carbocycles. The van der Waals surface area contributed by atoms with Gasteiger partial charge in [-0.2, -0.15) is 0 Å². The molecule has 11 heavy (non-hydrogen) atoms. The van der Waals surface area contributed by atoms with Crippen molar-refractivity contribution < 1.29 is 9.53 Å². The summed E-state index contributed by atoms with van der Waals surface area (Å²) in [6.07, 6.45) is 1.70. The molecule has 1 atom stereocenters. The maximum Gasteiger partial charge on any atom is 0.307 e. The first-order valence-electron chi connectivity index (χ1n) is 4.08. The number of methoxy groups -OCH3 is 1. The Morgan fingerprint density at radius 2 is 2.45 bits per heavy atom. The van der Waals surface area contributed by atoms with Crippen molar-refractivity contribution in [3.63, 3.8) is 0 Å². The average molecular weight is 157 g/mol. The Balaban J connectivity index is 2.21. The highest BCUT2D eigenvalue weighted by Gasteiger charge is 2.28. The molecular weight excluding hydrogens is 142 g/mol. The predicted octanol–water partition coefficient (Wildman–Crippen LogP) is 0.644. The summed E-state index contributed by atoms with van der Waals surface area (Å²) in [7, 11) is 1.44. The molecular formula is C8H15NO2. The largest absolute Gasteiger partial charge is 0.469 e. The van der Waals surface area contributed by atoms with Crippen LogP contribution in [0.25, 0.3) is 0 Å². The number of carbonyl (C=O) groups excluding carboxylic acids is 1. The molecule has 1 fully saturated rings. The summed E-state index contributed by atoms with van der Waals surface area (Å²) in [5.41, 5.74) is 0. The molecule has 1 aliphatic heterocycles. The van der Waals surface area contributed by atoms with Crippen LogP contribution < -0.4 is 0 Å². The van der Waals surface area contributed by atoms with Crippen LogP contribution in [0.3, 0.4) is 0 Å². The topological polar surface area (TPSA) is 29.5 Å². The molecule has 0 radical (unpaired) electrons. The number of hydrogen-bond acceptors (Lipinski definition) is 3. The van der Waals surface area contributed by atoms with Gasteiger partial charge in [0.1, 0.15) is 0 Å². The van der Waals surface area contributed by atoms with Gasteiger partial charge in [-0.3, -0.25) is 9.69 Å². The van der Waals surface area contributed by atoms with Gasteiger partial charge in [0.2, 0.25) is 0 Å². The smallest absolute Gasteiger partial charge is 0.307 e. The van der Waals surface area contributed by atoms with E-state index in [9.17, 15) is 4.79 Å². The fraction of sp³-hybridized carbons (Fsp3) is 0.875. The molecule has 64 valence electrons. The van der Waals surface area contributed by atoms with Crippen LogP contribution in [0.1, 0.15) is 19.8 Å². The molecule has 0 aromatic carbocycles. The van der Waals surface area contributed by atoms with Gasteiger partial charge in [0.05, 0.1) is 13.5 Å². The van der Waals surface area contributed by atoms with Gasteiger partial charge in [-0.15, -0.1) is 0 Å². The fourth-order valence-electron chi connectivity index (χ4n) is 1.42. The summed E-state index contributed by atoms with van der Waals surface area (Å²) < 4.78 is 4.58. The molecule has 1 rings (SSSR count). The zero-order valence-corrected chi connectivity index (χ0v) is 7.17. The van der Waals surface area contributed by atoms with Crippen LogP contribution in [0.4, 0.5) is 0 Å². The first-order chi connectivity index (χ1) is 5.27. The normalized spacial score (nSPS) is 24.4. The highest BCUT2D eigenvalue weighted by atomic mass is 16.5. The van der Waals surface area contributed by atoms with Gasteiger partial charge >= 0.3 is 5.97 Å². The van der Waals surface area contributed by atoms with Crippen LogP contribution in [0.2, 0.25) is 0 Å². The van der Waals surface area contributed by atoms with Crippen LogP contribution >= 0.6 is 0 Å². The molecule has 1 unspecified atom stereocenters. The lowest BCUT2D eigenvalue weighted by atomic mass is 10.0. The molecule has 0 aromatic rings. The molecule has 1 saturated heterocycles. The summed E-state index contributed by atoms with van der Waals surface area (Å²) in [5, 5.41) is 0. The van der Waals surface area contributed by atoms with Gasteiger partial charge in [0, 0.05) is 6.04 Å². The summed E-state index contributed by atoms with van der Waals surface area (Å²) in [6.45, 7) is 4.29. The lowest BCUT2D eigenvalue weighted by Gasteiger charge is -2.39. The second-order valence-corrected chi connectivity index (χ2v) is 2.85. The molecule has 0 amide bonds. The van der Waals surface area contributed by atoms with E-state index in [-0.39, 0.29) is 5.97 Å². The van der Waals surface area contributed by atoms with Crippen molar-refractivity contribution in [1.82, 2.24) is 4.90 Å².